The zero-order valence-electron chi connectivity index (χ0n) is 15.8. The van der Waals surface area contributed by atoms with Gasteiger partial charge in [0.25, 0.3) is 5.91 Å². The van der Waals surface area contributed by atoms with E-state index >= 15 is 0 Å². The van der Waals surface area contributed by atoms with Crippen molar-refractivity contribution in [2.24, 2.45) is 0 Å². The third kappa shape index (κ3) is 4.22. The lowest BCUT2D eigenvalue weighted by Crippen LogP contribution is -2.25. The van der Waals surface area contributed by atoms with Gasteiger partial charge < -0.3 is 15.2 Å². The molecule has 0 bridgehead atoms. The second kappa shape index (κ2) is 8.23. The minimum atomic E-state index is -0.00253. The molecule has 0 spiro atoms. The average Bonchev–Trinajstić information content (AvgIpc) is 3.40. The summed E-state index contributed by atoms with van der Waals surface area (Å²) in [5, 5.41) is 5.36. The number of para-hydroxylation sites is 1. The normalized spacial score (nSPS) is 14.9. The Morgan fingerprint density at radius 1 is 1.26 bits per heavy atom. The van der Waals surface area contributed by atoms with Gasteiger partial charge in [-0.1, -0.05) is 18.2 Å². The lowest BCUT2D eigenvalue weighted by molar-refractivity contribution is 0.0957. The van der Waals surface area contributed by atoms with E-state index in [1.807, 2.05) is 25.3 Å². The third-order valence-electron chi connectivity index (χ3n) is 5.24. The van der Waals surface area contributed by atoms with Gasteiger partial charge in [-0.05, 0) is 50.9 Å². The molecule has 1 aromatic carbocycles. The number of likely N-dealkylation sites (tertiary alicyclic amines) is 1. The average molecular weight is 383 g/mol. The van der Waals surface area contributed by atoms with Crippen LogP contribution in [0.3, 0.4) is 0 Å². The molecule has 0 saturated carbocycles. The number of hydrogen-bond donors (Lipinski definition) is 2. The summed E-state index contributed by atoms with van der Waals surface area (Å²) in [5.74, 6) is -0.00253. The first kappa shape index (κ1) is 18.2. The van der Waals surface area contributed by atoms with Crippen LogP contribution in [0, 0.1) is 6.92 Å². The number of fused-ring (bicyclic) bond motifs is 1. The molecule has 1 saturated heterocycles. The fourth-order valence-corrected chi connectivity index (χ4v) is 4.73. The molecule has 142 valence electrons. The number of nitrogens with zero attached hydrogens (tertiary/aromatic N) is 2. The highest BCUT2D eigenvalue weighted by molar-refractivity contribution is 7.13. The highest BCUT2D eigenvalue weighted by atomic mass is 32.1. The van der Waals surface area contributed by atoms with Crippen LogP contribution in [0.15, 0.2) is 30.5 Å². The molecule has 4 rings (SSSR count). The van der Waals surface area contributed by atoms with Crippen molar-refractivity contribution < 1.29 is 4.79 Å². The zero-order chi connectivity index (χ0) is 18.6. The Bertz CT molecular complexity index is 923. The zero-order valence-corrected chi connectivity index (χ0v) is 16.6. The fourth-order valence-electron chi connectivity index (χ4n) is 3.76. The standard InChI is InChI=1S/C21H26N4OS/c1-15-20(27-19(24-15)9-13-25-11-4-5-12-25)21(26)22-10-8-16-14-23-18-7-3-2-6-17(16)18/h2-3,6-7,14,23H,4-5,8-13H2,1H3,(H,22,26). The number of aromatic nitrogens is 2. The van der Waals surface area contributed by atoms with E-state index in [4.69, 9.17) is 0 Å². The number of amides is 1. The van der Waals surface area contributed by atoms with Gasteiger partial charge in [0.1, 0.15) is 4.88 Å². The summed E-state index contributed by atoms with van der Waals surface area (Å²) in [6.45, 7) is 6.01. The predicted molar refractivity (Wildman–Crippen MR) is 111 cm³/mol. The summed E-state index contributed by atoms with van der Waals surface area (Å²) in [7, 11) is 0. The van der Waals surface area contributed by atoms with Crippen molar-refractivity contribution in [2.45, 2.75) is 32.6 Å². The fraction of sp³-hybridized carbons (Fsp3) is 0.429. The van der Waals surface area contributed by atoms with Crippen LogP contribution in [0.1, 0.15) is 38.8 Å². The van der Waals surface area contributed by atoms with Gasteiger partial charge in [-0.25, -0.2) is 4.98 Å². The van der Waals surface area contributed by atoms with Crippen molar-refractivity contribution in [1.29, 1.82) is 0 Å². The van der Waals surface area contributed by atoms with E-state index in [1.165, 1.54) is 36.9 Å². The van der Waals surface area contributed by atoms with Crippen LogP contribution in [0.25, 0.3) is 10.9 Å². The molecule has 0 radical (unpaired) electrons. The van der Waals surface area contributed by atoms with Crippen LogP contribution in [0.5, 0.6) is 0 Å². The van der Waals surface area contributed by atoms with Gasteiger partial charge in [-0.2, -0.15) is 0 Å². The van der Waals surface area contributed by atoms with E-state index in [0.717, 1.165) is 40.5 Å². The van der Waals surface area contributed by atoms with E-state index in [9.17, 15) is 4.79 Å². The molecule has 5 nitrogen and oxygen atoms in total. The number of aromatic amines is 1. The van der Waals surface area contributed by atoms with Crippen molar-refractivity contribution in [3.8, 4) is 0 Å². The van der Waals surface area contributed by atoms with Gasteiger partial charge in [0.15, 0.2) is 0 Å². The van der Waals surface area contributed by atoms with Crippen LogP contribution in [0.2, 0.25) is 0 Å². The molecule has 0 aliphatic carbocycles. The maximum absolute atomic E-state index is 12.6. The topological polar surface area (TPSA) is 61.0 Å². The summed E-state index contributed by atoms with van der Waals surface area (Å²) in [4.78, 5) is 23.7. The number of benzene rings is 1. The van der Waals surface area contributed by atoms with E-state index in [0.29, 0.717) is 6.54 Å². The Morgan fingerprint density at radius 2 is 2.07 bits per heavy atom. The molecular weight excluding hydrogens is 356 g/mol. The molecule has 0 unspecified atom stereocenters. The van der Waals surface area contributed by atoms with Crippen LogP contribution >= 0.6 is 11.3 Å². The second-order valence-corrected chi connectivity index (χ2v) is 8.27. The Labute approximate surface area is 163 Å². The number of aryl methyl sites for hydroxylation is 1. The van der Waals surface area contributed by atoms with Crippen LogP contribution in [-0.4, -0.2) is 47.0 Å². The minimum absolute atomic E-state index is 0.00253. The summed E-state index contributed by atoms with van der Waals surface area (Å²) in [6, 6.07) is 8.26. The Hall–Kier alpha value is -2.18. The Balaban J connectivity index is 1.31. The molecule has 0 atom stereocenters. The van der Waals surface area contributed by atoms with Crippen molar-refractivity contribution in [2.75, 3.05) is 26.2 Å². The van der Waals surface area contributed by atoms with E-state index < -0.39 is 0 Å². The summed E-state index contributed by atoms with van der Waals surface area (Å²) >= 11 is 1.55. The molecule has 1 aliphatic rings. The minimum Gasteiger partial charge on any atom is -0.361 e. The van der Waals surface area contributed by atoms with Gasteiger partial charge in [-0.3, -0.25) is 4.79 Å². The van der Waals surface area contributed by atoms with Gasteiger partial charge in [0, 0.05) is 36.6 Å². The second-order valence-electron chi connectivity index (χ2n) is 7.19. The maximum atomic E-state index is 12.6. The first-order chi connectivity index (χ1) is 13.2. The van der Waals surface area contributed by atoms with Gasteiger partial charge in [-0.15, -0.1) is 11.3 Å². The van der Waals surface area contributed by atoms with E-state index in [1.54, 1.807) is 11.3 Å². The summed E-state index contributed by atoms with van der Waals surface area (Å²) < 4.78 is 0. The smallest absolute Gasteiger partial charge is 0.263 e. The Kier molecular flexibility index (Phi) is 5.55. The monoisotopic (exact) mass is 382 g/mol. The number of rotatable bonds is 7. The van der Waals surface area contributed by atoms with Crippen molar-refractivity contribution >= 4 is 28.1 Å². The molecule has 1 aliphatic heterocycles. The molecular formula is C21H26N4OS. The summed E-state index contributed by atoms with van der Waals surface area (Å²) in [6.07, 6.45) is 6.40. The van der Waals surface area contributed by atoms with Crippen molar-refractivity contribution in [1.82, 2.24) is 20.2 Å². The molecule has 3 aromatic rings. The molecule has 27 heavy (non-hydrogen) atoms. The number of carbonyl (C=O) groups is 1. The molecule has 6 heteroatoms. The van der Waals surface area contributed by atoms with Crippen molar-refractivity contribution in [3.63, 3.8) is 0 Å². The molecule has 1 amide bonds. The molecule has 3 heterocycles. The molecule has 1 fully saturated rings. The molecule has 2 aromatic heterocycles. The molecule has 2 N–H and O–H groups in total. The van der Waals surface area contributed by atoms with Crippen LogP contribution in [0.4, 0.5) is 0 Å². The first-order valence-corrected chi connectivity index (χ1v) is 10.5. The summed E-state index contributed by atoms with van der Waals surface area (Å²) in [5.41, 5.74) is 3.22. The highest BCUT2D eigenvalue weighted by Crippen LogP contribution is 2.20. The van der Waals surface area contributed by atoms with Gasteiger partial charge >= 0.3 is 0 Å². The van der Waals surface area contributed by atoms with E-state index in [2.05, 4.69) is 32.3 Å². The lowest BCUT2D eigenvalue weighted by atomic mass is 10.1. The Morgan fingerprint density at radius 3 is 2.93 bits per heavy atom. The predicted octanol–water partition coefficient (Wildman–Crippen LogP) is 3.54. The number of hydrogen-bond acceptors (Lipinski definition) is 4. The first-order valence-electron chi connectivity index (χ1n) is 9.72. The van der Waals surface area contributed by atoms with Gasteiger partial charge in [0.05, 0.1) is 10.7 Å². The van der Waals surface area contributed by atoms with Crippen molar-refractivity contribution in [3.05, 3.63) is 51.6 Å². The van der Waals surface area contributed by atoms with Crippen LogP contribution < -0.4 is 5.32 Å². The third-order valence-corrected chi connectivity index (χ3v) is 6.46. The van der Waals surface area contributed by atoms with Gasteiger partial charge in [0.2, 0.25) is 0 Å². The van der Waals surface area contributed by atoms with Crippen LogP contribution in [-0.2, 0) is 12.8 Å². The lowest BCUT2D eigenvalue weighted by Gasteiger charge is -2.12. The largest absolute Gasteiger partial charge is 0.361 e. The SMILES string of the molecule is Cc1nc(CCN2CCCC2)sc1C(=O)NCCc1c[nH]c2ccccc12. The quantitative estimate of drug-likeness (QED) is 0.657. The highest BCUT2D eigenvalue weighted by Gasteiger charge is 2.17. The maximum Gasteiger partial charge on any atom is 0.263 e. The number of nitrogens with one attached hydrogen (secondary N) is 2. The number of thiazole rings is 1. The van der Waals surface area contributed by atoms with E-state index in [-0.39, 0.29) is 5.91 Å². The number of H-pyrrole nitrogens is 1. The number of carbonyl (C=O) groups excluding carboxylic acids is 1.